The van der Waals surface area contributed by atoms with Gasteiger partial charge in [-0.25, -0.2) is 9.79 Å². The molecule has 0 spiro atoms. The molecule has 1 heterocycles. The van der Waals surface area contributed by atoms with Crippen LogP contribution in [0.1, 0.15) is 16.7 Å². The Morgan fingerprint density at radius 2 is 1.78 bits per heavy atom. The predicted octanol–water partition coefficient (Wildman–Crippen LogP) is 3.81. The van der Waals surface area contributed by atoms with E-state index in [-0.39, 0.29) is 33.6 Å². The van der Waals surface area contributed by atoms with Crippen LogP contribution in [0.25, 0.3) is 6.08 Å². The minimum atomic E-state index is -0.772. The largest absolute Gasteiger partial charge is 0.402 e. The lowest BCUT2D eigenvalue weighted by Crippen LogP contribution is -2.06. The van der Waals surface area contributed by atoms with Crippen LogP contribution in [0.2, 0.25) is 5.02 Å². The van der Waals surface area contributed by atoms with Crippen LogP contribution >= 0.6 is 11.6 Å². The minimum absolute atomic E-state index is 0.0349. The van der Waals surface area contributed by atoms with E-state index in [2.05, 4.69) is 4.99 Å². The Morgan fingerprint density at radius 3 is 2.44 bits per heavy atom. The lowest BCUT2D eigenvalue weighted by atomic mass is 10.1. The number of halogens is 1. The number of ether oxygens (including phenoxy) is 1. The average Bonchev–Trinajstić information content (AvgIpc) is 2.97. The fourth-order valence-corrected chi connectivity index (χ4v) is 2.58. The quantitative estimate of drug-likeness (QED) is 0.340. The highest BCUT2D eigenvalue weighted by Gasteiger charge is 2.26. The molecule has 9 nitrogen and oxygen atoms in total. The first-order valence-corrected chi connectivity index (χ1v) is 7.86. The van der Waals surface area contributed by atoms with E-state index < -0.39 is 15.8 Å². The Hall–Kier alpha value is -3.59. The van der Waals surface area contributed by atoms with Crippen molar-refractivity contribution in [1.82, 2.24) is 0 Å². The monoisotopic (exact) mass is 387 g/mol. The van der Waals surface area contributed by atoms with Crippen molar-refractivity contribution in [2.75, 3.05) is 0 Å². The van der Waals surface area contributed by atoms with E-state index in [0.717, 1.165) is 0 Å². The van der Waals surface area contributed by atoms with Crippen LogP contribution in [-0.2, 0) is 9.53 Å². The molecule has 0 amide bonds. The first kappa shape index (κ1) is 18.2. The molecule has 0 unspecified atom stereocenters. The Balaban J connectivity index is 1.99. The molecule has 2 aromatic carbocycles. The van der Waals surface area contributed by atoms with E-state index in [0.29, 0.717) is 11.1 Å². The van der Waals surface area contributed by atoms with Crippen molar-refractivity contribution in [3.05, 3.63) is 84.0 Å². The van der Waals surface area contributed by atoms with Crippen LogP contribution in [0.3, 0.4) is 0 Å². The van der Waals surface area contributed by atoms with Crippen molar-refractivity contribution < 1.29 is 19.4 Å². The number of nitro groups is 2. The van der Waals surface area contributed by atoms with E-state index >= 15 is 0 Å². The Morgan fingerprint density at radius 1 is 1.07 bits per heavy atom. The molecule has 1 aliphatic heterocycles. The van der Waals surface area contributed by atoms with Crippen molar-refractivity contribution in [3.63, 3.8) is 0 Å². The molecule has 0 saturated heterocycles. The summed E-state index contributed by atoms with van der Waals surface area (Å²) in [6.45, 7) is 1.59. The normalized spacial score (nSPS) is 14.8. The molecule has 3 rings (SSSR count). The lowest BCUT2D eigenvalue weighted by Gasteiger charge is -2.01. The maximum Gasteiger partial charge on any atom is 0.363 e. The van der Waals surface area contributed by atoms with Crippen molar-refractivity contribution in [2.45, 2.75) is 6.92 Å². The Labute approximate surface area is 156 Å². The van der Waals surface area contributed by atoms with Gasteiger partial charge in [-0.3, -0.25) is 20.2 Å². The smallest absolute Gasteiger partial charge is 0.363 e. The van der Waals surface area contributed by atoms with Crippen molar-refractivity contribution in [2.24, 2.45) is 4.99 Å². The van der Waals surface area contributed by atoms with E-state index in [1.54, 1.807) is 13.0 Å². The van der Waals surface area contributed by atoms with E-state index in [9.17, 15) is 25.0 Å². The van der Waals surface area contributed by atoms with Gasteiger partial charge in [0.15, 0.2) is 5.70 Å². The molecule has 2 aromatic rings. The fraction of sp³-hybridized carbons (Fsp3) is 0.0588. The summed E-state index contributed by atoms with van der Waals surface area (Å²) >= 11 is 5.76. The molecule has 1 aliphatic rings. The molecule has 0 aromatic heterocycles. The summed E-state index contributed by atoms with van der Waals surface area (Å²) in [5.41, 5.74) is 0.527. The second kappa shape index (κ2) is 6.96. The average molecular weight is 388 g/mol. The summed E-state index contributed by atoms with van der Waals surface area (Å²) in [7, 11) is 0. The molecular formula is C17H10ClN3O6. The molecule has 136 valence electrons. The highest BCUT2D eigenvalue weighted by molar-refractivity contribution is 6.32. The summed E-state index contributed by atoms with van der Waals surface area (Å²) in [5, 5.41) is 22.0. The van der Waals surface area contributed by atoms with Gasteiger partial charge in [0.25, 0.3) is 11.4 Å². The van der Waals surface area contributed by atoms with Crippen LogP contribution in [-0.4, -0.2) is 21.7 Å². The summed E-state index contributed by atoms with van der Waals surface area (Å²) < 4.78 is 5.07. The van der Waals surface area contributed by atoms with E-state index in [4.69, 9.17) is 16.3 Å². The van der Waals surface area contributed by atoms with Crippen LogP contribution in [0.4, 0.5) is 11.4 Å². The standard InChI is InChI=1S/C17H10ClN3O6/c1-9-2-4-11(8-14(9)20(23)24)16-19-13(17(22)27-16)6-10-3-5-12(18)15(7-10)21(25)26/h2-8H,1H3/b13-6-. The van der Waals surface area contributed by atoms with E-state index in [1.807, 2.05) is 0 Å². The van der Waals surface area contributed by atoms with Gasteiger partial charge in [0.1, 0.15) is 5.02 Å². The third-order valence-corrected chi connectivity index (χ3v) is 4.06. The van der Waals surface area contributed by atoms with Gasteiger partial charge in [0.2, 0.25) is 5.90 Å². The molecule has 0 aliphatic carbocycles. The van der Waals surface area contributed by atoms with Crippen molar-refractivity contribution in [1.29, 1.82) is 0 Å². The predicted molar refractivity (Wildman–Crippen MR) is 96.5 cm³/mol. The lowest BCUT2D eigenvalue weighted by molar-refractivity contribution is -0.385. The number of rotatable bonds is 4. The SMILES string of the molecule is Cc1ccc(C2=N/C(=C\c3ccc(Cl)c([N+](=O)[O-])c3)C(=O)O2)cc1[N+](=O)[O-]. The number of carbonyl (C=O) groups is 1. The third-order valence-electron chi connectivity index (χ3n) is 3.74. The van der Waals surface area contributed by atoms with Gasteiger partial charge in [-0.05, 0) is 30.7 Å². The van der Waals surface area contributed by atoms with Crippen LogP contribution in [0.5, 0.6) is 0 Å². The molecule has 0 radical (unpaired) electrons. The summed E-state index contributed by atoms with van der Waals surface area (Å²) in [4.78, 5) is 36.9. The van der Waals surface area contributed by atoms with Crippen LogP contribution in [0, 0.1) is 27.2 Å². The molecule has 0 atom stereocenters. The first-order chi connectivity index (χ1) is 12.8. The molecule has 0 N–H and O–H groups in total. The number of nitro benzene ring substituents is 2. The molecule has 10 heteroatoms. The molecule has 0 fully saturated rings. The molecule has 0 saturated carbocycles. The van der Waals surface area contributed by atoms with E-state index in [1.165, 1.54) is 36.4 Å². The number of aryl methyl sites for hydroxylation is 1. The van der Waals surface area contributed by atoms with Gasteiger partial charge < -0.3 is 4.74 Å². The van der Waals surface area contributed by atoms with Crippen molar-refractivity contribution in [3.8, 4) is 0 Å². The summed E-state index contributed by atoms with van der Waals surface area (Å²) in [5.74, 6) is -0.858. The number of hydrogen-bond acceptors (Lipinski definition) is 7. The van der Waals surface area contributed by atoms with Gasteiger partial charge in [-0.1, -0.05) is 23.7 Å². The van der Waals surface area contributed by atoms with Gasteiger partial charge in [-0.2, -0.15) is 0 Å². The highest BCUT2D eigenvalue weighted by Crippen LogP contribution is 2.28. The fourth-order valence-electron chi connectivity index (χ4n) is 2.39. The molecular weight excluding hydrogens is 378 g/mol. The summed E-state index contributed by atoms with van der Waals surface area (Å²) in [6.07, 6.45) is 1.31. The number of nitrogens with zero attached hydrogens (tertiary/aromatic N) is 3. The second-order valence-corrected chi connectivity index (χ2v) is 5.97. The number of cyclic esters (lactones) is 1. The summed E-state index contributed by atoms with van der Waals surface area (Å²) in [6, 6.07) is 8.35. The first-order valence-electron chi connectivity index (χ1n) is 7.48. The maximum atomic E-state index is 12.0. The molecule has 27 heavy (non-hydrogen) atoms. The Bertz CT molecular complexity index is 1060. The number of aliphatic imine (C=N–C) groups is 1. The zero-order valence-corrected chi connectivity index (χ0v) is 14.5. The number of hydrogen-bond donors (Lipinski definition) is 0. The number of esters is 1. The van der Waals surface area contributed by atoms with Gasteiger partial charge in [0.05, 0.1) is 9.85 Å². The number of carbonyl (C=O) groups excluding carboxylic acids is 1. The second-order valence-electron chi connectivity index (χ2n) is 5.56. The van der Waals surface area contributed by atoms with Crippen molar-refractivity contribution >= 4 is 40.9 Å². The van der Waals surface area contributed by atoms with Crippen LogP contribution in [0.15, 0.2) is 47.1 Å². The zero-order valence-electron chi connectivity index (χ0n) is 13.7. The zero-order chi connectivity index (χ0) is 19.7. The van der Waals surface area contributed by atoms with Gasteiger partial charge in [0, 0.05) is 23.3 Å². The van der Waals surface area contributed by atoms with Gasteiger partial charge >= 0.3 is 5.97 Å². The third kappa shape index (κ3) is 3.67. The Kier molecular flexibility index (Phi) is 4.70. The highest BCUT2D eigenvalue weighted by atomic mass is 35.5. The van der Waals surface area contributed by atoms with Crippen LogP contribution < -0.4 is 0 Å². The minimum Gasteiger partial charge on any atom is -0.402 e. The maximum absolute atomic E-state index is 12.0. The topological polar surface area (TPSA) is 125 Å². The molecule has 0 bridgehead atoms. The van der Waals surface area contributed by atoms with Gasteiger partial charge in [-0.15, -0.1) is 0 Å². The number of benzene rings is 2.